The molecule has 132 valence electrons. The molecule has 0 radical (unpaired) electrons. The van der Waals surface area contributed by atoms with Crippen LogP contribution in [0.15, 0.2) is 39.9 Å². The van der Waals surface area contributed by atoms with Gasteiger partial charge in [-0.05, 0) is 45.8 Å². The highest BCUT2D eigenvalue weighted by Crippen LogP contribution is 2.38. The molecule has 2 aromatic carbocycles. The van der Waals surface area contributed by atoms with Crippen LogP contribution in [-0.4, -0.2) is 33.5 Å². The first-order valence-electron chi connectivity index (χ1n) is 7.08. The smallest absolute Gasteiger partial charge is 0.271 e. The van der Waals surface area contributed by atoms with Gasteiger partial charge in [-0.25, -0.2) is 9.82 Å². The van der Waals surface area contributed by atoms with E-state index in [2.05, 4.69) is 26.5 Å². The average molecular weight is 411 g/mol. The van der Waals surface area contributed by atoms with Gasteiger partial charge in [-0.2, -0.15) is 5.10 Å². The second-order valence-corrected chi connectivity index (χ2v) is 5.64. The highest BCUT2D eigenvalue weighted by Gasteiger charge is 2.16. The fourth-order valence-corrected chi connectivity index (χ4v) is 2.43. The Hall–Kier alpha value is -2.61. The Kier molecular flexibility index (Phi) is 6.35. The number of amides is 1. The molecule has 8 heteroatoms. The minimum absolute atomic E-state index is 0.284. The minimum Gasteiger partial charge on any atom is -0.493 e. The third-order valence-electron chi connectivity index (χ3n) is 3.25. The van der Waals surface area contributed by atoms with Crippen LogP contribution in [0.2, 0.25) is 0 Å². The molecular weight excluding hydrogens is 395 g/mol. The topological polar surface area (TPSA) is 69.2 Å². The van der Waals surface area contributed by atoms with Crippen LogP contribution in [-0.2, 0) is 0 Å². The summed E-state index contributed by atoms with van der Waals surface area (Å²) in [6.45, 7) is 0. The van der Waals surface area contributed by atoms with E-state index in [9.17, 15) is 9.18 Å². The number of carbonyl (C=O) groups excluding carboxylic acids is 1. The average Bonchev–Trinajstić information content (AvgIpc) is 2.63. The molecule has 0 spiro atoms. The standard InChI is InChI=1S/C17H16BrFN2O4/c1-23-14-7-11(8-15(24-2)16(14)25-3)17(22)21-20-9-10-4-5-13(19)12(18)6-10/h4-9H,1-3H3,(H,21,22)/b20-9+. The van der Waals surface area contributed by atoms with Crippen molar-refractivity contribution in [2.75, 3.05) is 21.3 Å². The maximum Gasteiger partial charge on any atom is 0.271 e. The molecule has 0 heterocycles. The lowest BCUT2D eigenvalue weighted by atomic mass is 10.1. The lowest BCUT2D eigenvalue weighted by Gasteiger charge is -2.13. The van der Waals surface area contributed by atoms with Crippen molar-refractivity contribution < 1.29 is 23.4 Å². The molecule has 0 aliphatic carbocycles. The van der Waals surface area contributed by atoms with Crippen molar-refractivity contribution in [1.29, 1.82) is 0 Å². The number of benzene rings is 2. The third kappa shape index (κ3) is 4.48. The predicted octanol–water partition coefficient (Wildman–Crippen LogP) is 3.38. The number of rotatable bonds is 6. The zero-order valence-corrected chi connectivity index (χ0v) is 15.4. The maximum atomic E-state index is 13.2. The van der Waals surface area contributed by atoms with Crippen LogP contribution in [0.5, 0.6) is 17.2 Å². The Morgan fingerprint density at radius 3 is 2.28 bits per heavy atom. The van der Waals surface area contributed by atoms with Crippen molar-refractivity contribution in [3.63, 3.8) is 0 Å². The van der Waals surface area contributed by atoms with Gasteiger partial charge in [-0.1, -0.05) is 6.07 Å². The molecule has 6 nitrogen and oxygen atoms in total. The molecule has 0 saturated carbocycles. The monoisotopic (exact) mass is 410 g/mol. The molecule has 0 atom stereocenters. The number of hydrazone groups is 1. The van der Waals surface area contributed by atoms with Gasteiger partial charge in [0.1, 0.15) is 5.82 Å². The summed E-state index contributed by atoms with van der Waals surface area (Å²) in [6.07, 6.45) is 1.40. The van der Waals surface area contributed by atoms with E-state index < -0.39 is 5.91 Å². The molecule has 0 aromatic heterocycles. The van der Waals surface area contributed by atoms with Crippen LogP contribution in [0.1, 0.15) is 15.9 Å². The second-order valence-electron chi connectivity index (χ2n) is 4.79. The Labute approximate surface area is 152 Å². The van der Waals surface area contributed by atoms with Crippen LogP contribution in [0.25, 0.3) is 0 Å². The van der Waals surface area contributed by atoms with Crippen molar-refractivity contribution in [1.82, 2.24) is 5.43 Å². The van der Waals surface area contributed by atoms with Gasteiger partial charge in [0.2, 0.25) is 5.75 Å². The highest BCUT2D eigenvalue weighted by molar-refractivity contribution is 9.10. The van der Waals surface area contributed by atoms with Gasteiger partial charge in [0.25, 0.3) is 5.91 Å². The zero-order valence-electron chi connectivity index (χ0n) is 13.8. The quantitative estimate of drug-likeness (QED) is 0.585. The van der Waals surface area contributed by atoms with E-state index in [1.165, 1.54) is 51.8 Å². The van der Waals surface area contributed by atoms with Gasteiger partial charge in [0.05, 0.1) is 32.0 Å². The van der Waals surface area contributed by atoms with Gasteiger partial charge in [-0.15, -0.1) is 0 Å². The number of hydrogen-bond acceptors (Lipinski definition) is 5. The van der Waals surface area contributed by atoms with Crippen LogP contribution in [0.4, 0.5) is 4.39 Å². The summed E-state index contributed by atoms with van der Waals surface area (Å²) in [5, 5.41) is 3.86. The fraction of sp³-hybridized carbons (Fsp3) is 0.176. The van der Waals surface area contributed by atoms with Crippen LogP contribution >= 0.6 is 15.9 Å². The van der Waals surface area contributed by atoms with Crippen molar-refractivity contribution >= 4 is 28.1 Å². The molecule has 0 aliphatic heterocycles. The molecule has 2 aromatic rings. The van der Waals surface area contributed by atoms with E-state index in [1.54, 1.807) is 6.07 Å². The Morgan fingerprint density at radius 1 is 1.12 bits per heavy atom. The normalized spacial score (nSPS) is 10.6. The van der Waals surface area contributed by atoms with Gasteiger partial charge in [-0.3, -0.25) is 4.79 Å². The van der Waals surface area contributed by atoms with E-state index >= 15 is 0 Å². The molecular formula is C17H16BrFN2O4. The zero-order chi connectivity index (χ0) is 18.4. The number of nitrogens with one attached hydrogen (secondary N) is 1. The maximum absolute atomic E-state index is 13.2. The van der Waals surface area contributed by atoms with E-state index in [0.717, 1.165) is 0 Å². The molecule has 1 N–H and O–H groups in total. The van der Waals surface area contributed by atoms with E-state index in [4.69, 9.17) is 14.2 Å². The number of nitrogens with zero attached hydrogens (tertiary/aromatic N) is 1. The molecule has 0 saturated heterocycles. The summed E-state index contributed by atoms with van der Waals surface area (Å²) in [7, 11) is 4.40. The SMILES string of the molecule is COc1cc(C(=O)N/N=C/c2ccc(F)c(Br)c2)cc(OC)c1OC. The van der Waals surface area contributed by atoms with Crippen molar-refractivity contribution in [2.45, 2.75) is 0 Å². The minimum atomic E-state index is -0.461. The lowest BCUT2D eigenvalue weighted by molar-refractivity contribution is 0.0954. The molecule has 2 rings (SSSR count). The fourth-order valence-electron chi connectivity index (χ4n) is 2.03. The molecule has 1 amide bonds. The van der Waals surface area contributed by atoms with Gasteiger partial charge < -0.3 is 14.2 Å². The van der Waals surface area contributed by atoms with Gasteiger partial charge in [0.15, 0.2) is 11.5 Å². The first-order valence-corrected chi connectivity index (χ1v) is 7.88. The van der Waals surface area contributed by atoms with E-state index in [0.29, 0.717) is 27.3 Å². The van der Waals surface area contributed by atoms with E-state index in [-0.39, 0.29) is 11.4 Å². The Bertz CT molecular complexity index is 786. The van der Waals surface area contributed by atoms with E-state index in [1.807, 2.05) is 0 Å². The summed E-state index contributed by atoms with van der Waals surface area (Å²) < 4.78 is 29.1. The Morgan fingerprint density at radius 2 is 1.76 bits per heavy atom. The number of halogens is 2. The number of carbonyl (C=O) groups is 1. The molecule has 0 bridgehead atoms. The third-order valence-corrected chi connectivity index (χ3v) is 3.86. The number of hydrogen-bond donors (Lipinski definition) is 1. The van der Waals surface area contributed by atoms with Crippen molar-refractivity contribution in [3.8, 4) is 17.2 Å². The molecule has 0 unspecified atom stereocenters. The summed E-state index contributed by atoms with van der Waals surface area (Å²) in [5.41, 5.74) is 3.30. The second kappa shape index (κ2) is 8.48. The predicted molar refractivity (Wildman–Crippen MR) is 95.3 cm³/mol. The van der Waals surface area contributed by atoms with Crippen molar-refractivity contribution in [2.24, 2.45) is 5.10 Å². The highest BCUT2D eigenvalue weighted by atomic mass is 79.9. The summed E-state index contributed by atoms with van der Waals surface area (Å²) in [4.78, 5) is 12.2. The molecule has 25 heavy (non-hydrogen) atoms. The summed E-state index contributed by atoms with van der Waals surface area (Å²) >= 11 is 3.09. The van der Waals surface area contributed by atoms with Crippen LogP contribution < -0.4 is 19.6 Å². The van der Waals surface area contributed by atoms with Crippen LogP contribution in [0.3, 0.4) is 0 Å². The number of ether oxygens (including phenoxy) is 3. The summed E-state index contributed by atoms with van der Waals surface area (Å²) in [5.74, 6) is 0.272. The first kappa shape index (κ1) is 18.7. The Balaban J connectivity index is 2.17. The van der Waals surface area contributed by atoms with Crippen LogP contribution in [0, 0.1) is 5.82 Å². The lowest BCUT2D eigenvalue weighted by Crippen LogP contribution is -2.18. The number of methoxy groups -OCH3 is 3. The van der Waals surface area contributed by atoms with Crippen molar-refractivity contribution in [3.05, 3.63) is 51.7 Å². The molecule has 0 aliphatic rings. The largest absolute Gasteiger partial charge is 0.493 e. The first-order chi connectivity index (χ1) is 12.0. The summed E-state index contributed by atoms with van der Waals surface area (Å²) in [6, 6.07) is 7.41. The van der Waals surface area contributed by atoms with Gasteiger partial charge >= 0.3 is 0 Å². The van der Waals surface area contributed by atoms with Gasteiger partial charge in [0, 0.05) is 5.56 Å². The molecule has 0 fully saturated rings.